The third-order valence-corrected chi connectivity index (χ3v) is 3.59. The Morgan fingerprint density at radius 3 is 2.79 bits per heavy atom. The van der Waals surface area contributed by atoms with Gasteiger partial charge in [-0.05, 0) is 33.1 Å². The molecule has 5 nitrogen and oxygen atoms in total. The van der Waals surface area contributed by atoms with E-state index in [1.807, 2.05) is 13.8 Å². The number of rotatable bonds is 8. The Hall–Kier alpha value is -0.650. The minimum Gasteiger partial charge on any atom is -0.465 e. The number of carbonyl (C=O) groups excluding carboxylic acids is 1. The quantitative estimate of drug-likeness (QED) is 0.670. The average molecular weight is 271 g/mol. The van der Waals surface area contributed by atoms with Crippen LogP contribution in [0.15, 0.2) is 0 Å². The Labute approximate surface area is 115 Å². The molecule has 0 aromatic heterocycles. The zero-order valence-corrected chi connectivity index (χ0v) is 11.9. The summed E-state index contributed by atoms with van der Waals surface area (Å²) in [6, 6.07) is 0.438. The van der Waals surface area contributed by atoms with Crippen LogP contribution in [0.3, 0.4) is 0 Å². The molecule has 2 aliphatic rings. The molecule has 2 fully saturated rings. The molecule has 0 radical (unpaired) electrons. The molecule has 1 heterocycles. The highest BCUT2D eigenvalue weighted by Crippen LogP contribution is 2.24. The smallest absolute Gasteiger partial charge is 0.328 e. The summed E-state index contributed by atoms with van der Waals surface area (Å²) in [4.78, 5) is 12.1. The lowest BCUT2D eigenvalue weighted by atomic mass is 10.0. The summed E-state index contributed by atoms with van der Waals surface area (Å²) in [6.07, 6.45) is 3.31. The van der Waals surface area contributed by atoms with Crippen LogP contribution in [0.25, 0.3) is 0 Å². The largest absolute Gasteiger partial charge is 0.465 e. The molecule has 1 saturated carbocycles. The van der Waals surface area contributed by atoms with Crippen molar-refractivity contribution in [2.24, 2.45) is 5.92 Å². The van der Waals surface area contributed by atoms with Crippen molar-refractivity contribution in [3.63, 3.8) is 0 Å². The van der Waals surface area contributed by atoms with Gasteiger partial charge in [-0.3, -0.25) is 5.32 Å². The molecule has 0 aromatic rings. The molecule has 1 saturated heterocycles. The van der Waals surface area contributed by atoms with E-state index in [4.69, 9.17) is 14.2 Å². The molecule has 19 heavy (non-hydrogen) atoms. The second-order valence-electron chi connectivity index (χ2n) is 5.72. The number of ether oxygens (including phenoxy) is 3. The molecule has 1 aliphatic heterocycles. The van der Waals surface area contributed by atoms with Crippen LogP contribution in [-0.2, 0) is 19.0 Å². The lowest BCUT2D eigenvalue weighted by Crippen LogP contribution is -2.55. The van der Waals surface area contributed by atoms with Crippen molar-refractivity contribution in [1.82, 2.24) is 5.32 Å². The second kappa shape index (κ2) is 6.68. The topological polar surface area (TPSA) is 56.8 Å². The van der Waals surface area contributed by atoms with E-state index in [0.717, 1.165) is 32.5 Å². The summed E-state index contributed by atoms with van der Waals surface area (Å²) in [5, 5.41) is 3.35. The highest BCUT2D eigenvalue weighted by Gasteiger charge is 2.40. The van der Waals surface area contributed by atoms with Crippen LogP contribution in [0, 0.1) is 5.92 Å². The zero-order valence-electron chi connectivity index (χ0n) is 11.9. The average Bonchev–Trinajstić information content (AvgIpc) is 3.03. The van der Waals surface area contributed by atoms with Gasteiger partial charge in [0.15, 0.2) is 0 Å². The molecular formula is C14H25NO4. The van der Waals surface area contributed by atoms with Gasteiger partial charge in [-0.1, -0.05) is 0 Å². The molecule has 0 aromatic carbocycles. The summed E-state index contributed by atoms with van der Waals surface area (Å²) in [5.41, 5.74) is -0.726. The Bertz CT molecular complexity index is 300. The van der Waals surface area contributed by atoms with E-state index in [9.17, 15) is 4.79 Å². The monoisotopic (exact) mass is 271 g/mol. The highest BCUT2D eigenvalue weighted by molar-refractivity contribution is 5.80. The van der Waals surface area contributed by atoms with E-state index in [2.05, 4.69) is 5.32 Å². The summed E-state index contributed by atoms with van der Waals surface area (Å²) in [5.74, 6) is 0.247. The molecule has 0 spiro atoms. The number of hydrogen-bond acceptors (Lipinski definition) is 5. The van der Waals surface area contributed by atoms with Crippen LogP contribution >= 0.6 is 0 Å². The van der Waals surface area contributed by atoms with Crippen molar-refractivity contribution < 1.29 is 19.0 Å². The van der Waals surface area contributed by atoms with Gasteiger partial charge < -0.3 is 14.2 Å². The minimum atomic E-state index is -0.726. The van der Waals surface area contributed by atoms with Gasteiger partial charge in [-0.15, -0.1) is 0 Å². The van der Waals surface area contributed by atoms with Gasteiger partial charge in [-0.25, -0.2) is 4.79 Å². The van der Waals surface area contributed by atoms with Crippen molar-refractivity contribution in [1.29, 1.82) is 0 Å². The predicted octanol–water partition coefficient (Wildman–Crippen LogP) is 1.11. The summed E-state index contributed by atoms with van der Waals surface area (Å²) < 4.78 is 16.2. The van der Waals surface area contributed by atoms with Gasteiger partial charge in [0.1, 0.15) is 5.54 Å². The van der Waals surface area contributed by atoms with Crippen LogP contribution in [0.2, 0.25) is 0 Å². The van der Waals surface area contributed by atoms with Gasteiger partial charge in [-0.2, -0.15) is 0 Å². The summed E-state index contributed by atoms with van der Waals surface area (Å²) in [6.45, 7) is 6.70. The van der Waals surface area contributed by atoms with Gasteiger partial charge in [0.05, 0.1) is 26.4 Å². The van der Waals surface area contributed by atoms with Gasteiger partial charge >= 0.3 is 5.97 Å². The third kappa shape index (κ3) is 4.44. The minimum absolute atomic E-state index is 0.218. The van der Waals surface area contributed by atoms with Gasteiger partial charge in [0.25, 0.3) is 0 Å². The number of nitrogens with one attached hydrogen (secondary N) is 1. The van der Waals surface area contributed by atoms with Crippen molar-refractivity contribution in [2.45, 2.75) is 44.7 Å². The van der Waals surface area contributed by atoms with Crippen LogP contribution in [0.1, 0.15) is 33.1 Å². The Morgan fingerprint density at radius 1 is 1.42 bits per heavy atom. The van der Waals surface area contributed by atoms with E-state index in [0.29, 0.717) is 31.8 Å². The first-order valence-corrected chi connectivity index (χ1v) is 7.24. The Kier molecular flexibility index (Phi) is 5.19. The fraction of sp³-hybridized carbons (Fsp3) is 0.929. The molecule has 110 valence electrons. The summed E-state index contributed by atoms with van der Waals surface area (Å²) >= 11 is 0. The Morgan fingerprint density at radius 2 is 2.21 bits per heavy atom. The first kappa shape index (κ1) is 14.8. The maximum absolute atomic E-state index is 12.1. The Balaban J connectivity index is 1.79. The second-order valence-corrected chi connectivity index (χ2v) is 5.72. The van der Waals surface area contributed by atoms with E-state index in [-0.39, 0.29) is 5.97 Å². The standard InChI is InChI=1S/C14H25NO4/c1-3-19-13(16)14(2,15-12-4-5-12)10-18-9-11-6-7-17-8-11/h11-12,15H,3-10H2,1-2H3. The van der Waals surface area contributed by atoms with Crippen molar-refractivity contribution >= 4 is 5.97 Å². The summed E-state index contributed by atoms with van der Waals surface area (Å²) in [7, 11) is 0. The third-order valence-electron chi connectivity index (χ3n) is 3.59. The predicted molar refractivity (Wildman–Crippen MR) is 70.9 cm³/mol. The SMILES string of the molecule is CCOC(=O)C(C)(COCC1CCOC1)NC1CC1. The zero-order chi connectivity index (χ0) is 13.7. The number of esters is 1. The van der Waals surface area contributed by atoms with E-state index in [1.165, 1.54) is 0 Å². The molecule has 0 amide bonds. The van der Waals surface area contributed by atoms with E-state index in [1.54, 1.807) is 0 Å². The first-order valence-electron chi connectivity index (χ1n) is 7.24. The maximum atomic E-state index is 12.1. The van der Waals surface area contributed by atoms with E-state index < -0.39 is 5.54 Å². The highest BCUT2D eigenvalue weighted by atomic mass is 16.5. The number of hydrogen-bond donors (Lipinski definition) is 1. The van der Waals surface area contributed by atoms with Crippen LogP contribution in [-0.4, -0.2) is 50.6 Å². The molecular weight excluding hydrogens is 246 g/mol. The molecule has 2 rings (SSSR count). The lowest BCUT2D eigenvalue weighted by Gasteiger charge is -2.28. The molecule has 1 N–H and O–H groups in total. The van der Waals surface area contributed by atoms with Crippen molar-refractivity contribution in [3.05, 3.63) is 0 Å². The van der Waals surface area contributed by atoms with E-state index >= 15 is 0 Å². The van der Waals surface area contributed by atoms with Crippen molar-refractivity contribution in [3.8, 4) is 0 Å². The van der Waals surface area contributed by atoms with Crippen LogP contribution < -0.4 is 5.32 Å². The van der Waals surface area contributed by atoms with Gasteiger partial charge in [0, 0.05) is 18.6 Å². The van der Waals surface area contributed by atoms with Crippen LogP contribution in [0.4, 0.5) is 0 Å². The first-order chi connectivity index (χ1) is 9.14. The van der Waals surface area contributed by atoms with Crippen LogP contribution in [0.5, 0.6) is 0 Å². The number of carbonyl (C=O) groups is 1. The molecule has 0 bridgehead atoms. The fourth-order valence-corrected chi connectivity index (χ4v) is 2.27. The molecule has 1 aliphatic carbocycles. The maximum Gasteiger partial charge on any atom is 0.328 e. The molecule has 5 heteroatoms. The molecule has 2 atom stereocenters. The van der Waals surface area contributed by atoms with Crippen molar-refractivity contribution in [2.75, 3.05) is 33.0 Å². The molecule has 2 unspecified atom stereocenters. The fourth-order valence-electron chi connectivity index (χ4n) is 2.27. The lowest BCUT2D eigenvalue weighted by molar-refractivity contribution is -0.153. The van der Waals surface area contributed by atoms with Gasteiger partial charge in [0.2, 0.25) is 0 Å². The normalized spacial score (nSPS) is 26.1.